The van der Waals surface area contributed by atoms with Crippen LogP contribution in [0.2, 0.25) is 0 Å². The molecular weight excluding hydrogens is 388 g/mol. The summed E-state index contributed by atoms with van der Waals surface area (Å²) in [5, 5.41) is 20.9. The van der Waals surface area contributed by atoms with E-state index in [1.54, 1.807) is 42.5 Å². The van der Waals surface area contributed by atoms with Crippen LogP contribution in [0.3, 0.4) is 0 Å². The summed E-state index contributed by atoms with van der Waals surface area (Å²) < 4.78 is 5.82. The number of nitrogens with zero attached hydrogens (tertiary/aromatic N) is 2. The molecule has 0 aliphatic carbocycles. The van der Waals surface area contributed by atoms with Crippen molar-refractivity contribution in [3.63, 3.8) is 0 Å². The molecule has 3 aromatic carbocycles. The van der Waals surface area contributed by atoms with Crippen LogP contribution in [0, 0.1) is 29.6 Å². The monoisotopic (exact) mass is 410 g/mol. The highest BCUT2D eigenvalue weighted by molar-refractivity contribution is 5.98. The lowest BCUT2D eigenvalue weighted by molar-refractivity contribution is -0.122. The zero-order chi connectivity index (χ0) is 22.3. The third kappa shape index (κ3) is 5.48. The van der Waals surface area contributed by atoms with Gasteiger partial charge in [0.2, 0.25) is 5.91 Å². The second-order valence-electron chi connectivity index (χ2n) is 7.34. The highest BCUT2D eigenvalue weighted by Gasteiger charge is 2.35. The number of amides is 1. The molecular formula is C25H22N4O2. The molecule has 0 unspecified atom stereocenters. The largest absolute Gasteiger partial charge is 0.491 e. The third-order valence-corrected chi connectivity index (χ3v) is 4.90. The van der Waals surface area contributed by atoms with Gasteiger partial charge in [-0.15, -0.1) is 0 Å². The average Bonchev–Trinajstić information content (AvgIpc) is 2.79. The van der Waals surface area contributed by atoms with E-state index >= 15 is 0 Å². The molecule has 1 amide bonds. The summed E-state index contributed by atoms with van der Waals surface area (Å²) in [5.41, 5.74) is 8.52. The van der Waals surface area contributed by atoms with Crippen molar-refractivity contribution in [2.45, 2.75) is 18.9 Å². The van der Waals surface area contributed by atoms with Crippen molar-refractivity contribution in [3.8, 4) is 17.9 Å². The molecule has 0 aliphatic heterocycles. The lowest BCUT2D eigenvalue weighted by Gasteiger charge is -2.28. The number of anilines is 1. The maximum absolute atomic E-state index is 13.2. The second-order valence-corrected chi connectivity index (χ2v) is 7.34. The number of ether oxygens (including phenoxy) is 1. The second kappa shape index (κ2) is 9.58. The number of aryl methyl sites for hydroxylation is 1. The Morgan fingerprint density at radius 3 is 2.35 bits per heavy atom. The van der Waals surface area contributed by atoms with Crippen LogP contribution >= 0.6 is 0 Å². The van der Waals surface area contributed by atoms with Crippen LogP contribution in [0.15, 0.2) is 72.8 Å². The van der Waals surface area contributed by atoms with Gasteiger partial charge < -0.3 is 15.8 Å². The molecule has 0 bridgehead atoms. The highest BCUT2D eigenvalue weighted by Crippen LogP contribution is 2.20. The Morgan fingerprint density at radius 1 is 1.03 bits per heavy atom. The summed E-state index contributed by atoms with van der Waals surface area (Å²) in [4.78, 5) is 13.2. The topological polar surface area (TPSA) is 112 Å². The van der Waals surface area contributed by atoms with E-state index in [2.05, 4.69) is 17.5 Å². The van der Waals surface area contributed by atoms with Crippen molar-refractivity contribution >= 4 is 11.6 Å². The molecule has 0 spiro atoms. The molecule has 3 N–H and O–H groups in total. The van der Waals surface area contributed by atoms with E-state index < -0.39 is 11.4 Å². The van der Waals surface area contributed by atoms with Gasteiger partial charge in [0.25, 0.3) is 0 Å². The predicted octanol–water partition coefficient (Wildman–Crippen LogP) is 3.70. The van der Waals surface area contributed by atoms with Crippen LogP contribution in [0.25, 0.3) is 0 Å². The van der Waals surface area contributed by atoms with Crippen LogP contribution in [0.5, 0.6) is 5.75 Å². The molecule has 0 heterocycles. The van der Waals surface area contributed by atoms with Gasteiger partial charge in [-0.1, -0.05) is 30.3 Å². The fourth-order valence-corrected chi connectivity index (χ4v) is 3.12. The Morgan fingerprint density at radius 2 is 1.74 bits per heavy atom. The molecule has 0 fully saturated rings. The van der Waals surface area contributed by atoms with Crippen molar-refractivity contribution < 1.29 is 9.53 Å². The molecule has 3 aromatic rings. The molecule has 1 atom stereocenters. The summed E-state index contributed by atoms with van der Waals surface area (Å²) in [6.07, 6.45) is 0.269. The summed E-state index contributed by atoms with van der Waals surface area (Å²) >= 11 is 0. The van der Waals surface area contributed by atoms with Gasteiger partial charge in [0.1, 0.15) is 17.9 Å². The Kier molecular flexibility index (Phi) is 6.67. The molecule has 0 radical (unpaired) electrons. The summed E-state index contributed by atoms with van der Waals surface area (Å²) in [6.45, 7) is 1.75. The van der Waals surface area contributed by atoms with Crippen molar-refractivity contribution in [1.29, 1.82) is 10.5 Å². The Balaban J connectivity index is 1.81. The van der Waals surface area contributed by atoms with Gasteiger partial charge in [-0.05, 0) is 60.5 Å². The molecule has 6 nitrogen and oxygen atoms in total. The fourth-order valence-electron chi connectivity index (χ4n) is 3.12. The summed E-state index contributed by atoms with van der Waals surface area (Å²) in [6, 6.07) is 25.3. The first-order chi connectivity index (χ1) is 14.9. The Bertz CT molecular complexity index is 1140. The van der Waals surface area contributed by atoms with Crippen LogP contribution in [-0.4, -0.2) is 18.1 Å². The van der Waals surface area contributed by atoms with Crippen LogP contribution in [0.4, 0.5) is 5.69 Å². The van der Waals surface area contributed by atoms with E-state index in [0.29, 0.717) is 22.6 Å². The zero-order valence-electron chi connectivity index (χ0n) is 17.1. The van der Waals surface area contributed by atoms with E-state index in [9.17, 15) is 4.79 Å². The van der Waals surface area contributed by atoms with Crippen molar-refractivity contribution in [2.24, 2.45) is 5.73 Å². The number of hydrogen-bond donors (Lipinski definition) is 2. The highest BCUT2D eigenvalue weighted by atomic mass is 16.5. The lowest BCUT2D eigenvalue weighted by atomic mass is 9.91. The van der Waals surface area contributed by atoms with Crippen molar-refractivity contribution in [2.75, 3.05) is 11.9 Å². The first-order valence-electron chi connectivity index (χ1n) is 9.71. The number of hydrogen-bond acceptors (Lipinski definition) is 5. The number of benzene rings is 3. The Hall–Kier alpha value is -4.13. The number of nitriles is 2. The quantitative estimate of drug-likeness (QED) is 0.617. The molecule has 0 aromatic heterocycles. The number of carbonyl (C=O) groups excluding carboxylic acids is 1. The van der Waals surface area contributed by atoms with Crippen LogP contribution in [0.1, 0.15) is 22.3 Å². The lowest BCUT2D eigenvalue weighted by Crippen LogP contribution is -2.57. The van der Waals surface area contributed by atoms with Gasteiger partial charge in [0, 0.05) is 12.1 Å². The van der Waals surface area contributed by atoms with Gasteiger partial charge in [-0.25, -0.2) is 0 Å². The number of rotatable bonds is 7. The standard InChI is InChI=1S/C25H22N4O2/c1-18-13-22(10-9-21(18)16-27)29-24(30)25(28,14-19-5-3-2-4-6-19)17-31-23-11-7-20(15-26)8-12-23/h2-13H,14,17,28H2,1H3,(H,29,30)/t25-/m0/s1. The minimum Gasteiger partial charge on any atom is -0.491 e. The minimum atomic E-state index is -1.35. The zero-order valence-corrected chi connectivity index (χ0v) is 17.1. The summed E-state index contributed by atoms with van der Waals surface area (Å²) in [7, 11) is 0. The molecule has 0 saturated heterocycles. The van der Waals surface area contributed by atoms with Gasteiger partial charge in [0.15, 0.2) is 0 Å². The molecule has 31 heavy (non-hydrogen) atoms. The Labute approximate surface area is 181 Å². The normalized spacial score (nSPS) is 12.1. The van der Waals surface area contributed by atoms with Crippen molar-refractivity contribution in [1.82, 2.24) is 0 Å². The minimum absolute atomic E-state index is 0.0606. The van der Waals surface area contributed by atoms with Gasteiger partial charge >= 0.3 is 0 Å². The molecule has 3 rings (SSSR count). The number of nitrogens with two attached hydrogens (primary N) is 1. The maximum atomic E-state index is 13.2. The van der Waals surface area contributed by atoms with Gasteiger partial charge in [-0.3, -0.25) is 4.79 Å². The molecule has 0 aliphatic rings. The van der Waals surface area contributed by atoms with E-state index in [1.165, 1.54) is 0 Å². The van der Waals surface area contributed by atoms with Crippen LogP contribution < -0.4 is 15.8 Å². The summed E-state index contributed by atoms with van der Waals surface area (Å²) in [5.74, 6) is 0.123. The maximum Gasteiger partial charge on any atom is 0.248 e. The molecule has 154 valence electrons. The molecule has 6 heteroatoms. The van der Waals surface area contributed by atoms with Crippen molar-refractivity contribution in [3.05, 3.63) is 95.1 Å². The fraction of sp³-hybridized carbons (Fsp3) is 0.160. The SMILES string of the molecule is Cc1cc(NC(=O)[C@@](N)(COc2ccc(C#N)cc2)Cc2ccccc2)ccc1C#N. The first kappa shape index (κ1) is 21.6. The van der Waals surface area contributed by atoms with E-state index in [-0.39, 0.29) is 13.0 Å². The molecule has 0 saturated carbocycles. The van der Waals surface area contributed by atoms with Crippen LogP contribution in [-0.2, 0) is 11.2 Å². The van der Waals surface area contributed by atoms with E-state index in [1.807, 2.05) is 37.3 Å². The predicted molar refractivity (Wildman–Crippen MR) is 118 cm³/mol. The smallest absolute Gasteiger partial charge is 0.248 e. The van der Waals surface area contributed by atoms with Gasteiger partial charge in [-0.2, -0.15) is 10.5 Å². The average molecular weight is 410 g/mol. The van der Waals surface area contributed by atoms with Gasteiger partial charge in [0.05, 0.1) is 23.3 Å². The van der Waals surface area contributed by atoms with E-state index in [4.69, 9.17) is 21.0 Å². The van der Waals surface area contributed by atoms with E-state index in [0.717, 1.165) is 11.1 Å². The third-order valence-electron chi connectivity index (χ3n) is 4.90. The first-order valence-corrected chi connectivity index (χ1v) is 9.71. The number of carbonyl (C=O) groups is 1. The number of nitrogens with one attached hydrogen (secondary N) is 1.